The Morgan fingerprint density at radius 1 is 1.21 bits per heavy atom. The molecule has 1 fully saturated rings. The van der Waals surface area contributed by atoms with Crippen LogP contribution in [0.2, 0.25) is 0 Å². The second-order valence-electron chi connectivity index (χ2n) is 4.72. The number of nitrogens with zero attached hydrogens (tertiary/aromatic N) is 3. The van der Waals surface area contributed by atoms with Gasteiger partial charge in [-0.1, -0.05) is 12.1 Å². The van der Waals surface area contributed by atoms with Gasteiger partial charge >= 0.3 is 0 Å². The van der Waals surface area contributed by atoms with Gasteiger partial charge in [0.05, 0.1) is 17.4 Å². The zero-order valence-corrected chi connectivity index (χ0v) is 12.1. The first-order valence-electron chi connectivity index (χ1n) is 6.33. The van der Waals surface area contributed by atoms with Crippen LogP contribution in [0.25, 0.3) is 10.9 Å². The molecule has 3 rings (SSSR count). The second kappa shape index (κ2) is 5.40. The van der Waals surface area contributed by atoms with Gasteiger partial charge < -0.3 is 4.98 Å². The molecule has 0 spiro atoms. The molecule has 1 aliphatic rings. The molecule has 0 aliphatic carbocycles. The fraction of sp³-hybridized carbons (Fsp3) is 0.385. The number of halogens is 1. The fourth-order valence-corrected chi connectivity index (χ4v) is 2.62. The van der Waals surface area contributed by atoms with Gasteiger partial charge in [0, 0.05) is 42.3 Å². The fourth-order valence-electron chi connectivity index (χ4n) is 2.30. The van der Waals surface area contributed by atoms with Gasteiger partial charge in [0.25, 0.3) is 5.56 Å². The molecule has 0 radical (unpaired) electrons. The van der Waals surface area contributed by atoms with Crippen molar-refractivity contribution in [3.63, 3.8) is 0 Å². The number of hydrogen-bond donors (Lipinski definition) is 1. The number of rotatable bonds is 2. The number of aromatic nitrogens is 2. The third-order valence-electron chi connectivity index (χ3n) is 3.35. The minimum Gasteiger partial charge on any atom is -0.309 e. The number of piperazine rings is 1. The number of aromatic amines is 1. The van der Waals surface area contributed by atoms with Gasteiger partial charge in [0.15, 0.2) is 0 Å². The molecule has 19 heavy (non-hydrogen) atoms. The summed E-state index contributed by atoms with van der Waals surface area (Å²) >= 11 is 3.48. The molecule has 1 aromatic heterocycles. The molecule has 6 heteroatoms. The number of benzene rings is 1. The van der Waals surface area contributed by atoms with Crippen molar-refractivity contribution in [3.8, 4) is 0 Å². The summed E-state index contributed by atoms with van der Waals surface area (Å²) in [4.78, 5) is 21.7. The molecule has 1 saturated heterocycles. The Morgan fingerprint density at radius 2 is 1.95 bits per heavy atom. The van der Waals surface area contributed by atoms with E-state index in [0.717, 1.165) is 37.5 Å². The lowest BCUT2D eigenvalue weighted by atomic mass is 10.2. The molecule has 0 amide bonds. The lowest BCUT2D eigenvalue weighted by Crippen LogP contribution is -2.42. The Bertz CT molecular complexity index is 634. The molecule has 2 heterocycles. The number of para-hydroxylation sites is 1. The first-order valence-corrected chi connectivity index (χ1v) is 7.04. The zero-order valence-electron chi connectivity index (χ0n) is 10.5. The van der Waals surface area contributed by atoms with E-state index in [1.54, 1.807) is 6.07 Å². The Morgan fingerprint density at radius 3 is 2.74 bits per heavy atom. The molecular formula is C13H15BrN4O. The maximum atomic E-state index is 12.0. The van der Waals surface area contributed by atoms with Crippen LogP contribution in [-0.4, -0.2) is 45.0 Å². The van der Waals surface area contributed by atoms with Crippen LogP contribution in [0.4, 0.5) is 0 Å². The minimum absolute atomic E-state index is 0.0558. The summed E-state index contributed by atoms with van der Waals surface area (Å²) in [6.07, 6.45) is 0. The standard InChI is InChI=1S/C13H15BrN4O/c14-18-7-5-17(6-8-18)9-12-15-11-4-2-1-3-10(11)13(19)16-12/h1-4H,5-9H2,(H,15,16,19). The number of H-pyrrole nitrogens is 1. The molecule has 1 aromatic carbocycles. The normalized spacial score (nSPS) is 17.9. The van der Waals surface area contributed by atoms with Crippen molar-refractivity contribution in [2.45, 2.75) is 6.54 Å². The third kappa shape index (κ3) is 2.86. The molecule has 2 aromatic rings. The first kappa shape index (κ1) is 12.8. The van der Waals surface area contributed by atoms with E-state index in [0.29, 0.717) is 11.9 Å². The van der Waals surface area contributed by atoms with E-state index >= 15 is 0 Å². The van der Waals surface area contributed by atoms with Crippen LogP contribution in [0.15, 0.2) is 29.1 Å². The smallest absolute Gasteiger partial charge is 0.258 e. The summed E-state index contributed by atoms with van der Waals surface area (Å²) in [5, 5.41) is 0.650. The van der Waals surface area contributed by atoms with Crippen LogP contribution in [0.3, 0.4) is 0 Å². The Balaban J connectivity index is 1.83. The maximum absolute atomic E-state index is 12.0. The topological polar surface area (TPSA) is 52.2 Å². The molecule has 0 saturated carbocycles. The molecule has 0 bridgehead atoms. The van der Waals surface area contributed by atoms with E-state index < -0.39 is 0 Å². The van der Waals surface area contributed by atoms with Crippen molar-refractivity contribution < 1.29 is 0 Å². The third-order valence-corrected chi connectivity index (χ3v) is 4.06. The molecule has 0 atom stereocenters. The lowest BCUT2D eigenvalue weighted by molar-refractivity contribution is 0.189. The predicted molar refractivity (Wildman–Crippen MR) is 78.1 cm³/mol. The Hall–Kier alpha value is -1.24. The van der Waals surface area contributed by atoms with Crippen LogP contribution < -0.4 is 5.56 Å². The van der Waals surface area contributed by atoms with Crippen molar-refractivity contribution in [2.75, 3.05) is 26.2 Å². The minimum atomic E-state index is -0.0558. The van der Waals surface area contributed by atoms with E-state index in [1.807, 2.05) is 18.2 Å². The van der Waals surface area contributed by atoms with Gasteiger partial charge in [-0.05, 0) is 12.1 Å². The van der Waals surface area contributed by atoms with Gasteiger partial charge in [0.1, 0.15) is 5.82 Å². The van der Waals surface area contributed by atoms with Gasteiger partial charge in [-0.25, -0.2) is 8.91 Å². The molecule has 100 valence electrons. The monoisotopic (exact) mass is 322 g/mol. The van der Waals surface area contributed by atoms with Crippen molar-refractivity contribution in [3.05, 3.63) is 40.4 Å². The average molecular weight is 323 g/mol. The summed E-state index contributed by atoms with van der Waals surface area (Å²) in [5.74, 6) is 0.742. The Kier molecular flexibility index (Phi) is 3.63. The van der Waals surface area contributed by atoms with E-state index in [-0.39, 0.29) is 5.56 Å². The molecule has 1 N–H and O–H groups in total. The van der Waals surface area contributed by atoms with Gasteiger partial charge in [0.2, 0.25) is 0 Å². The number of nitrogens with one attached hydrogen (secondary N) is 1. The Labute approximate surface area is 119 Å². The first-order chi connectivity index (χ1) is 9.22. The molecule has 5 nitrogen and oxygen atoms in total. The summed E-state index contributed by atoms with van der Waals surface area (Å²) in [6, 6.07) is 7.44. The second-order valence-corrected chi connectivity index (χ2v) is 5.72. The average Bonchev–Trinajstić information content (AvgIpc) is 2.42. The maximum Gasteiger partial charge on any atom is 0.258 e. The molecule has 1 aliphatic heterocycles. The largest absolute Gasteiger partial charge is 0.309 e. The van der Waals surface area contributed by atoms with Gasteiger partial charge in [-0.3, -0.25) is 9.69 Å². The summed E-state index contributed by atoms with van der Waals surface area (Å²) in [5.41, 5.74) is 0.708. The highest BCUT2D eigenvalue weighted by molar-refractivity contribution is 9.07. The van der Waals surface area contributed by atoms with Gasteiger partial charge in [-0.2, -0.15) is 0 Å². The van der Waals surface area contributed by atoms with Crippen LogP contribution >= 0.6 is 16.1 Å². The number of hydrogen-bond acceptors (Lipinski definition) is 4. The summed E-state index contributed by atoms with van der Waals surface area (Å²) in [7, 11) is 0. The van der Waals surface area contributed by atoms with E-state index in [4.69, 9.17) is 0 Å². The molecule has 0 unspecified atom stereocenters. The SMILES string of the molecule is O=c1[nH]c(CN2CCN(Br)CC2)nc2ccccc12. The van der Waals surface area contributed by atoms with E-state index in [2.05, 4.69) is 34.9 Å². The van der Waals surface area contributed by atoms with Crippen LogP contribution in [0.1, 0.15) is 5.82 Å². The van der Waals surface area contributed by atoms with Crippen LogP contribution in [0, 0.1) is 0 Å². The highest BCUT2D eigenvalue weighted by Crippen LogP contribution is 2.10. The number of fused-ring (bicyclic) bond motifs is 1. The highest BCUT2D eigenvalue weighted by atomic mass is 79.9. The quantitative estimate of drug-likeness (QED) is 0.848. The summed E-state index contributed by atoms with van der Waals surface area (Å²) < 4.78 is 2.13. The van der Waals surface area contributed by atoms with Gasteiger partial charge in [-0.15, -0.1) is 0 Å². The highest BCUT2D eigenvalue weighted by Gasteiger charge is 2.16. The van der Waals surface area contributed by atoms with E-state index in [1.165, 1.54) is 0 Å². The van der Waals surface area contributed by atoms with Crippen LogP contribution in [-0.2, 0) is 6.54 Å². The van der Waals surface area contributed by atoms with Crippen molar-refractivity contribution in [2.24, 2.45) is 0 Å². The van der Waals surface area contributed by atoms with Crippen molar-refractivity contribution >= 4 is 27.1 Å². The van der Waals surface area contributed by atoms with Crippen molar-refractivity contribution in [1.82, 2.24) is 18.8 Å². The summed E-state index contributed by atoms with van der Waals surface area (Å²) in [6.45, 7) is 4.61. The van der Waals surface area contributed by atoms with Crippen LogP contribution in [0.5, 0.6) is 0 Å². The lowest BCUT2D eigenvalue weighted by Gasteiger charge is -2.30. The molecular weight excluding hydrogens is 308 g/mol. The van der Waals surface area contributed by atoms with E-state index in [9.17, 15) is 4.79 Å². The predicted octanol–water partition coefficient (Wildman–Crippen LogP) is 1.35. The van der Waals surface area contributed by atoms with Crippen molar-refractivity contribution in [1.29, 1.82) is 0 Å². The zero-order chi connectivity index (χ0) is 13.2.